The number of aromatic hydroxyl groups is 1. The second kappa shape index (κ2) is 6.76. The molecule has 0 bridgehead atoms. The van der Waals surface area contributed by atoms with Crippen LogP contribution in [0.2, 0.25) is 0 Å². The molecule has 0 saturated carbocycles. The van der Waals surface area contributed by atoms with E-state index in [1.54, 1.807) is 11.0 Å². The summed E-state index contributed by atoms with van der Waals surface area (Å²) < 4.78 is 5.21. The molecule has 0 unspecified atom stereocenters. The molecule has 1 heterocycles. The van der Waals surface area contributed by atoms with Crippen molar-refractivity contribution < 1.29 is 19.4 Å². The molecule has 4 rings (SSSR count). The van der Waals surface area contributed by atoms with Gasteiger partial charge in [0.15, 0.2) is 6.61 Å². The Kier molecular flexibility index (Phi) is 4.28. The van der Waals surface area contributed by atoms with Crippen molar-refractivity contribution in [3.8, 4) is 5.75 Å². The summed E-state index contributed by atoms with van der Waals surface area (Å²) in [5, 5.41) is 11.8. The van der Waals surface area contributed by atoms with Crippen molar-refractivity contribution in [3.05, 3.63) is 71.8 Å². The summed E-state index contributed by atoms with van der Waals surface area (Å²) in [6.07, 6.45) is 0.779. The van der Waals surface area contributed by atoms with Gasteiger partial charge in [0.2, 0.25) is 0 Å². The number of fused-ring (bicyclic) bond motifs is 2. The summed E-state index contributed by atoms with van der Waals surface area (Å²) in [7, 11) is 0. The zero-order chi connectivity index (χ0) is 19.0. The first kappa shape index (κ1) is 17.1. The number of esters is 1. The third-order valence-electron chi connectivity index (χ3n) is 4.89. The SMILES string of the molecule is C[C@H]1Cc2ccccc2N1C(=O)COC(=O)c1cc2ccccc2cc1O. The summed E-state index contributed by atoms with van der Waals surface area (Å²) >= 11 is 0. The van der Waals surface area contributed by atoms with Crippen molar-refractivity contribution in [1.82, 2.24) is 0 Å². The Morgan fingerprint density at radius 3 is 2.52 bits per heavy atom. The van der Waals surface area contributed by atoms with Crippen molar-refractivity contribution in [2.75, 3.05) is 11.5 Å². The van der Waals surface area contributed by atoms with E-state index in [9.17, 15) is 14.7 Å². The highest BCUT2D eigenvalue weighted by Crippen LogP contribution is 2.32. The predicted octanol–water partition coefficient (Wildman–Crippen LogP) is 3.68. The molecule has 1 N–H and O–H groups in total. The van der Waals surface area contributed by atoms with E-state index in [0.29, 0.717) is 0 Å². The fourth-order valence-corrected chi connectivity index (χ4v) is 3.61. The number of anilines is 1. The Bertz CT molecular complexity index is 1040. The second-order valence-electron chi connectivity index (χ2n) is 6.74. The van der Waals surface area contributed by atoms with Crippen LogP contribution in [0.25, 0.3) is 10.8 Å². The van der Waals surface area contributed by atoms with Crippen molar-refractivity contribution >= 4 is 28.3 Å². The van der Waals surface area contributed by atoms with Crippen LogP contribution >= 0.6 is 0 Å². The quantitative estimate of drug-likeness (QED) is 0.723. The van der Waals surface area contributed by atoms with Crippen molar-refractivity contribution in [2.24, 2.45) is 0 Å². The molecule has 0 fully saturated rings. The van der Waals surface area contributed by atoms with E-state index < -0.39 is 5.97 Å². The van der Waals surface area contributed by atoms with Crippen LogP contribution in [0.4, 0.5) is 5.69 Å². The first-order valence-corrected chi connectivity index (χ1v) is 8.83. The van der Waals surface area contributed by atoms with Crippen LogP contribution in [-0.2, 0) is 16.0 Å². The third-order valence-corrected chi connectivity index (χ3v) is 4.89. The minimum absolute atomic E-state index is 0.0164. The van der Waals surface area contributed by atoms with Gasteiger partial charge in [0.05, 0.1) is 0 Å². The van der Waals surface area contributed by atoms with Gasteiger partial charge < -0.3 is 14.7 Å². The number of carbonyl (C=O) groups excluding carboxylic acids is 2. The molecule has 5 heteroatoms. The van der Waals surface area contributed by atoms with Gasteiger partial charge in [-0.25, -0.2) is 4.79 Å². The van der Waals surface area contributed by atoms with Gasteiger partial charge in [-0.2, -0.15) is 0 Å². The lowest BCUT2D eigenvalue weighted by atomic mass is 10.1. The normalized spacial score (nSPS) is 15.6. The van der Waals surface area contributed by atoms with Crippen molar-refractivity contribution in [3.63, 3.8) is 0 Å². The largest absolute Gasteiger partial charge is 0.507 e. The average Bonchev–Trinajstić information content (AvgIpc) is 3.01. The Hall–Kier alpha value is -3.34. The molecule has 0 spiro atoms. The zero-order valence-electron chi connectivity index (χ0n) is 14.9. The first-order chi connectivity index (χ1) is 13.0. The molecule has 0 radical (unpaired) electrons. The molecule has 0 aromatic heterocycles. The molecule has 1 aliphatic rings. The van der Waals surface area contributed by atoms with E-state index in [1.165, 1.54) is 6.07 Å². The number of benzene rings is 3. The highest BCUT2D eigenvalue weighted by molar-refractivity contribution is 6.01. The van der Waals surface area contributed by atoms with Gasteiger partial charge in [0, 0.05) is 11.7 Å². The molecule has 1 amide bonds. The standard InChI is InChI=1S/C22H19NO4/c1-14-10-17-8-4-5-9-19(17)23(14)21(25)13-27-22(26)18-11-15-6-2-3-7-16(15)12-20(18)24/h2-9,11-12,14,24H,10,13H2,1H3/t14-/m0/s1. The van der Waals surface area contributed by atoms with Crippen molar-refractivity contribution in [2.45, 2.75) is 19.4 Å². The number of phenolic OH excluding ortho intramolecular Hbond substituents is 1. The first-order valence-electron chi connectivity index (χ1n) is 8.83. The van der Waals surface area contributed by atoms with Gasteiger partial charge in [0.25, 0.3) is 5.91 Å². The number of ether oxygens (including phenoxy) is 1. The van der Waals surface area contributed by atoms with E-state index in [0.717, 1.165) is 28.4 Å². The van der Waals surface area contributed by atoms with Crippen molar-refractivity contribution in [1.29, 1.82) is 0 Å². The average molecular weight is 361 g/mol. The number of nitrogens with zero attached hydrogens (tertiary/aromatic N) is 1. The number of carbonyl (C=O) groups is 2. The monoisotopic (exact) mass is 361 g/mol. The van der Waals surface area contributed by atoms with Crippen LogP contribution in [0.1, 0.15) is 22.8 Å². The molecule has 1 aliphatic heterocycles. The summed E-state index contributed by atoms with van der Waals surface area (Å²) in [5.74, 6) is -1.15. The van der Waals surface area contributed by atoms with Crippen LogP contribution < -0.4 is 4.90 Å². The van der Waals surface area contributed by atoms with Gasteiger partial charge in [-0.05, 0) is 47.9 Å². The number of amides is 1. The fourth-order valence-electron chi connectivity index (χ4n) is 3.61. The Labute approximate surface area is 156 Å². The second-order valence-corrected chi connectivity index (χ2v) is 6.74. The third kappa shape index (κ3) is 3.12. The molecule has 1 atom stereocenters. The van der Waals surface area contributed by atoms with Gasteiger partial charge in [-0.1, -0.05) is 42.5 Å². The van der Waals surface area contributed by atoms with Crippen LogP contribution in [0.3, 0.4) is 0 Å². The maximum atomic E-state index is 12.6. The molecule has 0 saturated heterocycles. The molecule has 3 aromatic carbocycles. The Balaban J connectivity index is 1.50. The van der Waals surface area contributed by atoms with E-state index in [4.69, 9.17) is 4.74 Å². The molecule has 3 aromatic rings. The zero-order valence-corrected chi connectivity index (χ0v) is 14.9. The molecular formula is C22H19NO4. The Morgan fingerprint density at radius 1 is 1.07 bits per heavy atom. The van der Waals surface area contributed by atoms with Crippen LogP contribution in [0.15, 0.2) is 60.7 Å². The smallest absolute Gasteiger partial charge is 0.342 e. The maximum absolute atomic E-state index is 12.6. The van der Waals surface area contributed by atoms with E-state index in [-0.39, 0.29) is 29.9 Å². The number of hydrogen-bond acceptors (Lipinski definition) is 4. The summed E-state index contributed by atoms with van der Waals surface area (Å²) in [4.78, 5) is 26.7. The lowest BCUT2D eigenvalue weighted by molar-refractivity contribution is -0.122. The molecule has 5 nitrogen and oxygen atoms in total. The predicted molar refractivity (Wildman–Crippen MR) is 103 cm³/mol. The highest BCUT2D eigenvalue weighted by Gasteiger charge is 2.31. The van der Waals surface area contributed by atoms with Crippen LogP contribution in [0, 0.1) is 0 Å². The van der Waals surface area contributed by atoms with E-state index in [2.05, 4.69) is 0 Å². The minimum Gasteiger partial charge on any atom is -0.507 e. The summed E-state index contributed by atoms with van der Waals surface area (Å²) in [6, 6.07) is 18.2. The lowest BCUT2D eigenvalue weighted by Crippen LogP contribution is -2.38. The number of rotatable bonds is 3. The molecule has 27 heavy (non-hydrogen) atoms. The van der Waals surface area contributed by atoms with Gasteiger partial charge in [0.1, 0.15) is 11.3 Å². The minimum atomic E-state index is -0.716. The van der Waals surface area contributed by atoms with Gasteiger partial charge in [-0.3, -0.25) is 4.79 Å². The molecular weight excluding hydrogens is 342 g/mol. The number of para-hydroxylation sites is 1. The summed E-state index contributed by atoms with van der Waals surface area (Å²) in [6.45, 7) is 1.60. The van der Waals surface area contributed by atoms with Gasteiger partial charge >= 0.3 is 5.97 Å². The van der Waals surface area contributed by atoms with E-state index >= 15 is 0 Å². The summed E-state index contributed by atoms with van der Waals surface area (Å²) in [5.41, 5.74) is 2.02. The highest BCUT2D eigenvalue weighted by atomic mass is 16.5. The number of hydrogen-bond donors (Lipinski definition) is 1. The fraction of sp³-hybridized carbons (Fsp3) is 0.182. The molecule has 136 valence electrons. The number of phenols is 1. The van der Waals surface area contributed by atoms with E-state index in [1.807, 2.05) is 55.5 Å². The topological polar surface area (TPSA) is 66.8 Å². The lowest BCUT2D eigenvalue weighted by Gasteiger charge is -2.22. The van der Waals surface area contributed by atoms with Gasteiger partial charge in [-0.15, -0.1) is 0 Å². The Morgan fingerprint density at radius 2 is 1.74 bits per heavy atom. The maximum Gasteiger partial charge on any atom is 0.342 e. The molecule has 0 aliphatic carbocycles. The van der Waals surface area contributed by atoms with Crippen LogP contribution in [-0.4, -0.2) is 29.6 Å². The van der Waals surface area contributed by atoms with Crippen LogP contribution in [0.5, 0.6) is 5.75 Å².